The summed E-state index contributed by atoms with van der Waals surface area (Å²) in [6.07, 6.45) is 3.67. The molecule has 0 amide bonds. The van der Waals surface area contributed by atoms with E-state index in [0.29, 0.717) is 0 Å². The van der Waals surface area contributed by atoms with E-state index in [2.05, 4.69) is 456 Å². The van der Waals surface area contributed by atoms with Gasteiger partial charge in [0.2, 0.25) is 0 Å². The van der Waals surface area contributed by atoms with Crippen LogP contribution >= 0.6 is 0 Å². The van der Waals surface area contributed by atoms with Crippen molar-refractivity contribution in [2.45, 2.75) is 0 Å². The molecule has 21 aromatic carbocycles. The molecule has 140 heavy (non-hydrogen) atoms. The van der Waals surface area contributed by atoms with Crippen molar-refractivity contribution in [1.82, 2.24) is 18.3 Å². The van der Waals surface area contributed by atoms with E-state index in [0.717, 1.165) is 147 Å². The van der Waals surface area contributed by atoms with Crippen molar-refractivity contribution in [3.8, 4) is 112 Å². The van der Waals surface area contributed by atoms with Crippen LogP contribution in [0.15, 0.2) is 580 Å². The zero-order chi connectivity index (χ0) is 93.9. The van der Waals surface area contributed by atoms with Gasteiger partial charge in [-0.1, -0.05) is 352 Å². The van der Waals surface area contributed by atoms with Crippen LogP contribution in [0.4, 0.5) is 68.2 Å². The maximum atomic E-state index is 14.9. The molecular formula is C130H94N8O2. The average molecular weight is 1800 g/mol. The summed E-state index contributed by atoms with van der Waals surface area (Å²) in [6, 6.07) is 194. The highest BCUT2D eigenvalue weighted by atomic mass is 16.2. The van der Waals surface area contributed by atoms with Crippen LogP contribution in [0, 0.1) is 0 Å². The first-order valence-electron chi connectivity index (χ1n) is 47.1. The fraction of sp³-hybridized carbons (Fsp3) is 0. The van der Waals surface area contributed by atoms with Crippen LogP contribution in [0.25, 0.3) is 123 Å². The van der Waals surface area contributed by atoms with Crippen LogP contribution in [-0.4, -0.2) is 18.3 Å². The van der Waals surface area contributed by atoms with E-state index >= 15 is 0 Å². The number of fused-ring (bicyclic) bond motifs is 1. The maximum Gasteiger partial charge on any atom is 0.338 e. The molecular weight excluding hydrogens is 1710 g/mol. The summed E-state index contributed by atoms with van der Waals surface area (Å²) in [5.74, 6) is 0. The highest BCUT2D eigenvalue weighted by Gasteiger charge is 2.24. The van der Waals surface area contributed by atoms with Gasteiger partial charge in [0.15, 0.2) is 0 Å². The molecule has 0 aliphatic rings. The molecule has 0 N–H and O–H groups in total. The minimum Gasteiger partial charge on any atom is -0.311 e. The topological polar surface area (TPSA) is 66.8 Å². The first kappa shape index (κ1) is 86.5. The second-order valence-electron chi connectivity index (χ2n) is 34.5. The summed E-state index contributed by atoms with van der Waals surface area (Å²) < 4.78 is 7.02. The van der Waals surface area contributed by atoms with Gasteiger partial charge >= 0.3 is 11.4 Å². The lowest BCUT2D eigenvalue weighted by Crippen LogP contribution is -2.22. The van der Waals surface area contributed by atoms with Gasteiger partial charge in [-0.25, -0.2) is 9.59 Å². The second-order valence-corrected chi connectivity index (χ2v) is 34.5. The molecule has 0 saturated heterocycles. The number of para-hydroxylation sites is 2. The van der Waals surface area contributed by atoms with Crippen molar-refractivity contribution < 1.29 is 0 Å². The smallest absolute Gasteiger partial charge is 0.311 e. The Morgan fingerprint density at radius 2 is 0.250 bits per heavy atom. The van der Waals surface area contributed by atoms with Gasteiger partial charge in [0.05, 0.1) is 33.8 Å². The Morgan fingerprint density at radius 1 is 0.121 bits per heavy atom. The number of hydrogen-bond acceptors (Lipinski definition) is 6. The monoisotopic (exact) mass is 1800 g/mol. The Morgan fingerprint density at radius 3 is 0.407 bits per heavy atom. The highest BCUT2D eigenvalue weighted by molar-refractivity contribution is 5.88. The van der Waals surface area contributed by atoms with E-state index < -0.39 is 0 Å². The van der Waals surface area contributed by atoms with E-state index in [-0.39, 0.29) is 11.4 Å². The number of rotatable bonds is 24. The summed E-state index contributed by atoms with van der Waals surface area (Å²) in [5.41, 5.74) is 35.2. The standard InChI is InChI=1S/C67H48N4O.C63H46N4O/c72-67-70(63-45-41-61(42-46-63)68(57-33-25-53(26-34-57)49-15-5-1-6-16-49)58-35-27-54(28-36-58)50-17-7-2-8-18-50)65-23-13-14-24-66(65)71(67)64-47-43-62(44-48-64)69(59-37-29-55(30-38-59)51-19-9-3-10-20-51)60-39-31-56(32-40-60)52-21-11-4-12-22-52;68-63-64(55-37-41-61(42-38-55)66(57-29-21-51(22-30-57)47-13-5-1-6-14-47)58-31-23-52(24-32-58)48-15-7-2-8-16-48)45-46-65(63)56-39-43-62(44-40-56)67(59-33-25-53(26-34-59)49-17-9-3-10-18-49)60-35-27-54(28-36-60)50-19-11-4-12-20-50/h1-48H;1-46H. The minimum atomic E-state index is -0.153. The molecule has 0 unspecified atom stereocenters. The molecule has 10 heteroatoms. The number of anilines is 12. The Kier molecular flexibility index (Phi) is 24.5. The first-order chi connectivity index (χ1) is 69.2. The van der Waals surface area contributed by atoms with E-state index in [1.807, 2.05) is 143 Å². The second kappa shape index (κ2) is 39.7. The van der Waals surface area contributed by atoms with E-state index in [1.54, 1.807) is 9.13 Å². The molecule has 0 aliphatic heterocycles. The first-order valence-corrected chi connectivity index (χ1v) is 47.1. The molecule has 0 radical (unpaired) electrons. The predicted octanol–water partition coefficient (Wildman–Crippen LogP) is 33.6. The molecule has 0 bridgehead atoms. The van der Waals surface area contributed by atoms with Crippen LogP contribution in [-0.2, 0) is 0 Å². The van der Waals surface area contributed by atoms with Crippen molar-refractivity contribution in [2.24, 2.45) is 0 Å². The minimum absolute atomic E-state index is 0.147. The van der Waals surface area contributed by atoms with E-state index in [9.17, 15) is 9.59 Å². The van der Waals surface area contributed by atoms with Crippen LogP contribution in [0.5, 0.6) is 0 Å². The van der Waals surface area contributed by atoms with Gasteiger partial charge in [-0.2, -0.15) is 0 Å². The van der Waals surface area contributed by atoms with Crippen molar-refractivity contribution >= 4 is 79.3 Å². The third-order valence-electron chi connectivity index (χ3n) is 25.9. The van der Waals surface area contributed by atoms with Crippen molar-refractivity contribution in [3.05, 3.63) is 591 Å². The molecule has 0 spiro atoms. The molecule has 0 saturated carbocycles. The predicted molar refractivity (Wildman–Crippen MR) is 582 cm³/mol. The Balaban J connectivity index is 0.000000161. The number of aromatic nitrogens is 4. The molecule has 666 valence electrons. The summed E-state index contributed by atoms with van der Waals surface area (Å²) in [7, 11) is 0. The van der Waals surface area contributed by atoms with Gasteiger partial charge in [-0.05, 0) is 295 Å². The number of imidazole rings is 2. The number of hydrogen-bond donors (Lipinski definition) is 0. The molecule has 0 aliphatic carbocycles. The molecule has 0 fully saturated rings. The van der Waals surface area contributed by atoms with Gasteiger partial charge < -0.3 is 19.6 Å². The molecule has 2 heterocycles. The fourth-order valence-corrected chi connectivity index (χ4v) is 18.7. The average Bonchev–Trinajstić information content (AvgIpc) is 1.60. The highest BCUT2D eigenvalue weighted by Crippen LogP contribution is 2.44. The molecule has 23 aromatic rings. The lowest BCUT2D eigenvalue weighted by atomic mass is 10.0. The Hall–Kier alpha value is -18.9. The molecule has 23 rings (SSSR count). The van der Waals surface area contributed by atoms with E-state index in [1.165, 1.54) is 44.5 Å². The van der Waals surface area contributed by atoms with Crippen LogP contribution in [0.1, 0.15) is 0 Å². The van der Waals surface area contributed by atoms with Gasteiger partial charge in [-0.15, -0.1) is 0 Å². The van der Waals surface area contributed by atoms with Crippen LogP contribution in [0.3, 0.4) is 0 Å². The van der Waals surface area contributed by atoms with Gasteiger partial charge in [-0.3, -0.25) is 18.3 Å². The van der Waals surface area contributed by atoms with Crippen molar-refractivity contribution in [3.63, 3.8) is 0 Å². The molecule has 10 nitrogen and oxygen atoms in total. The molecule has 0 atom stereocenters. The van der Waals surface area contributed by atoms with Crippen LogP contribution in [0.2, 0.25) is 0 Å². The van der Waals surface area contributed by atoms with E-state index in [4.69, 9.17) is 0 Å². The SMILES string of the molecule is O=c1n(-c2ccc(N(c3ccc(-c4ccccc4)cc3)c3ccc(-c4ccccc4)cc3)cc2)c2ccccc2n1-c1ccc(N(c2ccc(-c3ccccc3)cc2)c2ccc(-c3ccccc3)cc2)cc1.O=c1n(-c2ccc(N(c3ccc(-c4ccccc4)cc3)c3ccc(-c4ccccc4)cc3)cc2)ccn1-c1ccc(N(c2ccc(-c3ccccc3)cc2)c2ccc(-c3ccccc3)cc2)cc1. The quantitative estimate of drug-likeness (QED) is 0.0601. The number of nitrogens with zero attached hydrogens (tertiary/aromatic N) is 8. The maximum absolute atomic E-state index is 14.9. The fourth-order valence-electron chi connectivity index (χ4n) is 18.7. The summed E-state index contributed by atoms with van der Waals surface area (Å²) in [6.45, 7) is 0. The lowest BCUT2D eigenvalue weighted by Gasteiger charge is -2.26. The third kappa shape index (κ3) is 18.3. The lowest BCUT2D eigenvalue weighted by molar-refractivity contribution is 0.909. The summed E-state index contributed by atoms with van der Waals surface area (Å²) in [4.78, 5) is 38.1. The van der Waals surface area contributed by atoms with Crippen molar-refractivity contribution in [1.29, 1.82) is 0 Å². The normalized spacial score (nSPS) is 11.1. The zero-order valence-corrected chi connectivity index (χ0v) is 76.7. The van der Waals surface area contributed by atoms with Gasteiger partial charge in [0, 0.05) is 80.6 Å². The molecule has 2 aromatic heterocycles. The Labute approximate surface area is 814 Å². The van der Waals surface area contributed by atoms with Gasteiger partial charge in [0.25, 0.3) is 0 Å². The number of benzene rings is 21. The largest absolute Gasteiger partial charge is 0.338 e. The summed E-state index contributed by atoms with van der Waals surface area (Å²) in [5, 5.41) is 0. The third-order valence-corrected chi connectivity index (χ3v) is 25.9. The zero-order valence-electron chi connectivity index (χ0n) is 76.7. The van der Waals surface area contributed by atoms with Crippen molar-refractivity contribution in [2.75, 3.05) is 19.6 Å². The van der Waals surface area contributed by atoms with Gasteiger partial charge in [0.1, 0.15) is 0 Å². The Bertz CT molecular complexity index is 7410. The van der Waals surface area contributed by atoms with Crippen LogP contribution < -0.4 is 31.0 Å². The summed E-state index contributed by atoms with van der Waals surface area (Å²) >= 11 is 0.